The maximum Gasteiger partial charge on any atom is 0.269 e. The second-order valence-corrected chi connectivity index (χ2v) is 5.97. The van der Waals surface area contributed by atoms with Gasteiger partial charge in [-0.25, -0.2) is 4.98 Å². The van der Waals surface area contributed by atoms with Crippen molar-refractivity contribution in [2.75, 3.05) is 5.32 Å². The van der Waals surface area contributed by atoms with Crippen LogP contribution in [0.15, 0.2) is 67.1 Å². The van der Waals surface area contributed by atoms with Crippen LogP contribution in [0.25, 0.3) is 0 Å². The standard InChI is InChI=1S/C20H17N3O4/c1-13-19(27-17-5-3-2-4-16(17)25-13)20(24)23-14-6-8-15(9-7-14)26-18-12-21-10-11-22-18/h2-13,19H,1H3,(H,23,24)/t13-,19+/m1/s1. The smallest absolute Gasteiger partial charge is 0.269 e. The maximum absolute atomic E-state index is 12.6. The molecular formula is C20H17N3O4. The van der Waals surface area contributed by atoms with Gasteiger partial charge in [0, 0.05) is 18.1 Å². The average molecular weight is 363 g/mol. The first kappa shape index (κ1) is 16.8. The summed E-state index contributed by atoms with van der Waals surface area (Å²) in [6.45, 7) is 1.80. The number of nitrogens with one attached hydrogen (secondary N) is 1. The molecule has 1 aromatic heterocycles. The highest BCUT2D eigenvalue weighted by Gasteiger charge is 2.34. The lowest BCUT2D eigenvalue weighted by atomic mass is 10.1. The molecule has 7 heteroatoms. The largest absolute Gasteiger partial charge is 0.482 e. The minimum absolute atomic E-state index is 0.278. The summed E-state index contributed by atoms with van der Waals surface area (Å²) in [4.78, 5) is 20.6. The normalized spacial score (nSPS) is 17.8. The molecule has 0 fully saturated rings. The molecule has 0 radical (unpaired) electrons. The van der Waals surface area contributed by atoms with Gasteiger partial charge in [-0.3, -0.25) is 9.78 Å². The van der Waals surface area contributed by atoms with Crippen molar-refractivity contribution < 1.29 is 19.0 Å². The van der Waals surface area contributed by atoms with Gasteiger partial charge in [-0.05, 0) is 43.3 Å². The van der Waals surface area contributed by atoms with Crippen molar-refractivity contribution in [3.63, 3.8) is 0 Å². The van der Waals surface area contributed by atoms with Crippen molar-refractivity contribution in [1.82, 2.24) is 9.97 Å². The second kappa shape index (κ2) is 7.33. The minimum atomic E-state index is -0.740. The fourth-order valence-corrected chi connectivity index (χ4v) is 2.68. The molecule has 0 saturated heterocycles. The van der Waals surface area contributed by atoms with Crippen LogP contribution in [0.4, 0.5) is 5.69 Å². The number of para-hydroxylation sites is 2. The van der Waals surface area contributed by atoms with Gasteiger partial charge in [-0.15, -0.1) is 0 Å². The van der Waals surface area contributed by atoms with Gasteiger partial charge in [0.15, 0.2) is 11.5 Å². The number of anilines is 1. The van der Waals surface area contributed by atoms with E-state index in [1.54, 1.807) is 49.6 Å². The van der Waals surface area contributed by atoms with Crippen LogP contribution < -0.4 is 19.5 Å². The molecule has 2 atom stereocenters. The molecule has 4 rings (SSSR count). The number of aromatic nitrogens is 2. The quantitative estimate of drug-likeness (QED) is 0.765. The van der Waals surface area contributed by atoms with Crippen LogP contribution in [0.2, 0.25) is 0 Å². The molecule has 1 aliphatic rings. The molecule has 136 valence electrons. The number of carbonyl (C=O) groups excluding carboxylic acids is 1. The Kier molecular flexibility index (Phi) is 4.57. The lowest BCUT2D eigenvalue weighted by molar-refractivity contribution is -0.128. The molecule has 0 spiro atoms. The zero-order valence-corrected chi connectivity index (χ0v) is 14.5. The topological polar surface area (TPSA) is 82.6 Å². The van der Waals surface area contributed by atoms with E-state index in [0.717, 1.165) is 0 Å². The zero-order chi connectivity index (χ0) is 18.6. The lowest BCUT2D eigenvalue weighted by Gasteiger charge is -2.31. The summed E-state index contributed by atoms with van der Waals surface area (Å²) in [5.74, 6) is 1.91. The SMILES string of the molecule is C[C@H]1Oc2ccccc2O[C@@H]1C(=O)Nc1ccc(Oc2cnccn2)cc1. The maximum atomic E-state index is 12.6. The number of ether oxygens (including phenoxy) is 3. The summed E-state index contributed by atoms with van der Waals surface area (Å²) in [6.07, 6.45) is 3.50. The van der Waals surface area contributed by atoms with Gasteiger partial charge < -0.3 is 19.5 Å². The molecule has 1 amide bonds. The average Bonchev–Trinajstić information content (AvgIpc) is 2.69. The van der Waals surface area contributed by atoms with Gasteiger partial charge in [-0.2, -0.15) is 0 Å². The molecule has 2 aromatic carbocycles. The first-order valence-electron chi connectivity index (χ1n) is 8.46. The number of carbonyl (C=O) groups is 1. The molecular weight excluding hydrogens is 346 g/mol. The van der Waals surface area contributed by atoms with E-state index < -0.39 is 12.2 Å². The number of fused-ring (bicyclic) bond motifs is 1. The first-order chi connectivity index (χ1) is 13.2. The summed E-state index contributed by atoms with van der Waals surface area (Å²) in [6, 6.07) is 14.2. The Morgan fingerprint density at radius 3 is 2.48 bits per heavy atom. The predicted octanol–water partition coefficient (Wildman–Crippen LogP) is 3.44. The van der Waals surface area contributed by atoms with Gasteiger partial charge in [0.25, 0.3) is 5.91 Å². The highest BCUT2D eigenvalue weighted by molar-refractivity contribution is 5.95. The van der Waals surface area contributed by atoms with Crippen LogP contribution in [0.1, 0.15) is 6.92 Å². The summed E-state index contributed by atoms with van der Waals surface area (Å²) < 4.78 is 17.2. The fraction of sp³-hybridized carbons (Fsp3) is 0.150. The van der Waals surface area contributed by atoms with Gasteiger partial charge in [0.1, 0.15) is 11.9 Å². The van der Waals surface area contributed by atoms with E-state index >= 15 is 0 Å². The highest BCUT2D eigenvalue weighted by atomic mass is 16.6. The zero-order valence-electron chi connectivity index (χ0n) is 14.5. The second-order valence-electron chi connectivity index (χ2n) is 5.97. The highest BCUT2D eigenvalue weighted by Crippen LogP contribution is 2.33. The Morgan fingerprint density at radius 2 is 1.78 bits per heavy atom. The van der Waals surface area contributed by atoms with Gasteiger partial charge in [0.2, 0.25) is 12.0 Å². The molecule has 2 heterocycles. The third-order valence-electron chi connectivity index (χ3n) is 3.98. The Hall–Kier alpha value is -3.61. The van der Waals surface area contributed by atoms with E-state index in [1.165, 1.54) is 6.20 Å². The first-order valence-corrected chi connectivity index (χ1v) is 8.46. The third-order valence-corrected chi connectivity index (χ3v) is 3.98. The van der Waals surface area contributed by atoms with Crippen LogP contribution in [0, 0.1) is 0 Å². The molecule has 0 aliphatic carbocycles. The summed E-state index contributed by atoms with van der Waals surface area (Å²) in [5, 5.41) is 2.84. The molecule has 27 heavy (non-hydrogen) atoms. The Labute approximate surface area is 155 Å². The number of benzene rings is 2. The molecule has 1 aliphatic heterocycles. The number of rotatable bonds is 4. The van der Waals surface area contributed by atoms with Gasteiger partial charge >= 0.3 is 0 Å². The van der Waals surface area contributed by atoms with Crippen LogP contribution in [-0.4, -0.2) is 28.1 Å². The molecule has 0 bridgehead atoms. The summed E-state index contributed by atoms with van der Waals surface area (Å²) in [5.41, 5.74) is 0.626. The summed E-state index contributed by atoms with van der Waals surface area (Å²) in [7, 11) is 0. The van der Waals surface area contributed by atoms with Crippen LogP contribution in [0.3, 0.4) is 0 Å². The van der Waals surface area contributed by atoms with Crippen LogP contribution >= 0.6 is 0 Å². The fourth-order valence-electron chi connectivity index (χ4n) is 2.68. The van der Waals surface area contributed by atoms with Crippen molar-refractivity contribution in [3.05, 3.63) is 67.1 Å². The van der Waals surface area contributed by atoms with E-state index in [-0.39, 0.29) is 5.91 Å². The van der Waals surface area contributed by atoms with Crippen LogP contribution in [0.5, 0.6) is 23.1 Å². The monoisotopic (exact) mass is 363 g/mol. The molecule has 0 saturated carbocycles. The van der Waals surface area contributed by atoms with E-state index in [1.807, 2.05) is 18.2 Å². The number of hydrogen-bond acceptors (Lipinski definition) is 6. The van der Waals surface area contributed by atoms with Gasteiger partial charge in [0.05, 0.1) is 6.20 Å². The van der Waals surface area contributed by atoms with Gasteiger partial charge in [-0.1, -0.05) is 12.1 Å². The number of amides is 1. The molecule has 7 nitrogen and oxygen atoms in total. The van der Waals surface area contributed by atoms with E-state index in [2.05, 4.69) is 15.3 Å². The Morgan fingerprint density at radius 1 is 1.04 bits per heavy atom. The minimum Gasteiger partial charge on any atom is -0.482 e. The predicted molar refractivity (Wildman–Crippen MR) is 98.1 cm³/mol. The lowest BCUT2D eigenvalue weighted by Crippen LogP contribution is -2.46. The number of hydrogen-bond donors (Lipinski definition) is 1. The molecule has 0 unspecified atom stereocenters. The van der Waals surface area contributed by atoms with Crippen molar-refractivity contribution in [3.8, 4) is 23.1 Å². The van der Waals surface area contributed by atoms with E-state index in [0.29, 0.717) is 28.8 Å². The summed E-state index contributed by atoms with van der Waals surface area (Å²) >= 11 is 0. The van der Waals surface area contributed by atoms with E-state index in [4.69, 9.17) is 14.2 Å². The Bertz CT molecular complexity index is 931. The van der Waals surface area contributed by atoms with E-state index in [9.17, 15) is 4.79 Å². The molecule has 1 N–H and O–H groups in total. The molecule has 3 aromatic rings. The van der Waals surface area contributed by atoms with Crippen molar-refractivity contribution in [2.45, 2.75) is 19.1 Å². The Balaban J connectivity index is 1.41. The number of nitrogens with zero attached hydrogens (tertiary/aromatic N) is 2. The van der Waals surface area contributed by atoms with Crippen LogP contribution in [-0.2, 0) is 4.79 Å². The third kappa shape index (κ3) is 3.82. The van der Waals surface area contributed by atoms with Crippen molar-refractivity contribution >= 4 is 11.6 Å². The van der Waals surface area contributed by atoms with Crippen molar-refractivity contribution in [1.29, 1.82) is 0 Å². The van der Waals surface area contributed by atoms with Crippen molar-refractivity contribution in [2.24, 2.45) is 0 Å².